The molecule has 0 bridgehead atoms. The van der Waals surface area contributed by atoms with Crippen molar-refractivity contribution in [1.29, 1.82) is 0 Å². The fraction of sp³-hybridized carbons (Fsp3) is 0.167. The number of nitrogens with zero attached hydrogens (tertiary/aromatic N) is 1. The molecule has 0 saturated carbocycles. The van der Waals surface area contributed by atoms with E-state index < -0.39 is 0 Å². The fourth-order valence-corrected chi connectivity index (χ4v) is 0.983. The molecule has 1 aromatic heterocycles. The molecule has 2 nitrogen and oxygen atoms in total. The molecule has 4 heteroatoms. The van der Waals surface area contributed by atoms with Crippen molar-refractivity contribution in [2.24, 2.45) is 0 Å². The van der Waals surface area contributed by atoms with E-state index in [-0.39, 0.29) is 0 Å². The van der Waals surface area contributed by atoms with Gasteiger partial charge in [0.25, 0.3) is 0 Å². The lowest BCUT2D eigenvalue weighted by Crippen LogP contribution is -1.90. The zero-order chi connectivity index (χ0) is 7.56. The molecule has 0 spiro atoms. The number of rotatable bonds is 1. The van der Waals surface area contributed by atoms with Crippen molar-refractivity contribution in [3.63, 3.8) is 0 Å². The van der Waals surface area contributed by atoms with Crippen LogP contribution in [0.4, 0.5) is 5.69 Å². The number of hydrogen-bond donors (Lipinski definition) is 1. The molecule has 54 valence electrons. The number of aromatic nitrogens is 1. The molecule has 2 N–H and O–H groups in total. The van der Waals surface area contributed by atoms with Gasteiger partial charge in [-0.3, -0.25) is 4.98 Å². The molecule has 0 saturated heterocycles. The van der Waals surface area contributed by atoms with Crippen LogP contribution < -0.4 is 5.73 Å². The third kappa shape index (κ3) is 1.61. The first-order valence-corrected chi connectivity index (χ1v) is 4.20. The molecule has 1 heterocycles. The summed E-state index contributed by atoms with van der Waals surface area (Å²) in [5.41, 5.74) is 6.97. The summed E-state index contributed by atoms with van der Waals surface area (Å²) in [6.07, 6.45) is 1.55. The number of alkyl halides is 1. The standard InChI is InChI=1S/C6H6BrClN2/c7-2-4-1-6(9)5(8)3-10-4/h1,3H,2H2,(H2,9,10). The second kappa shape index (κ2) is 3.21. The Labute approximate surface area is 72.5 Å². The predicted molar refractivity (Wildman–Crippen MR) is 46.3 cm³/mol. The van der Waals surface area contributed by atoms with Crippen LogP contribution in [0, 0.1) is 0 Å². The van der Waals surface area contributed by atoms with Crippen molar-refractivity contribution in [2.45, 2.75) is 5.33 Å². The number of hydrogen-bond acceptors (Lipinski definition) is 2. The average Bonchev–Trinajstić information content (AvgIpc) is 1.95. The summed E-state index contributed by atoms with van der Waals surface area (Å²) in [6.45, 7) is 0. The van der Waals surface area contributed by atoms with Crippen LogP contribution in [0.5, 0.6) is 0 Å². The molecule has 0 aliphatic heterocycles. The average molecular weight is 221 g/mol. The molecule has 0 radical (unpaired) electrons. The van der Waals surface area contributed by atoms with E-state index in [1.165, 1.54) is 0 Å². The fourth-order valence-electron chi connectivity index (χ4n) is 0.573. The molecule has 0 amide bonds. The van der Waals surface area contributed by atoms with Gasteiger partial charge in [-0.1, -0.05) is 27.5 Å². The van der Waals surface area contributed by atoms with Crippen molar-refractivity contribution >= 4 is 33.2 Å². The molecule has 0 fully saturated rings. The minimum atomic E-state index is 0.504. The Balaban J connectivity index is 3.04. The van der Waals surface area contributed by atoms with Crippen LogP contribution in [0.2, 0.25) is 5.02 Å². The van der Waals surface area contributed by atoms with Crippen LogP contribution in [-0.2, 0) is 5.33 Å². The van der Waals surface area contributed by atoms with Gasteiger partial charge in [-0.25, -0.2) is 0 Å². The van der Waals surface area contributed by atoms with Gasteiger partial charge in [0.05, 0.1) is 16.4 Å². The molecule has 0 aromatic carbocycles. The molecule has 10 heavy (non-hydrogen) atoms. The van der Waals surface area contributed by atoms with Gasteiger partial charge in [-0.15, -0.1) is 0 Å². The van der Waals surface area contributed by atoms with Crippen LogP contribution in [-0.4, -0.2) is 4.98 Å². The zero-order valence-corrected chi connectivity index (χ0v) is 7.48. The van der Waals surface area contributed by atoms with E-state index in [2.05, 4.69) is 20.9 Å². The summed E-state index contributed by atoms with van der Waals surface area (Å²) in [5, 5.41) is 1.21. The smallest absolute Gasteiger partial charge is 0.0818 e. The normalized spacial score (nSPS) is 9.80. The second-order valence-corrected chi connectivity index (χ2v) is 2.80. The largest absolute Gasteiger partial charge is 0.397 e. The number of pyridine rings is 1. The van der Waals surface area contributed by atoms with Crippen LogP contribution >= 0.6 is 27.5 Å². The highest BCUT2D eigenvalue weighted by Gasteiger charge is 1.96. The maximum absolute atomic E-state index is 5.63. The predicted octanol–water partition coefficient (Wildman–Crippen LogP) is 2.21. The Bertz CT molecular complexity index is 239. The molecule has 0 aliphatic rings. The molecule has 0 atom stereocenters. The minimum Gasteiger partial charge on any atom is -0.397 e. The maximum Gasteiger partial charge on any atom is 0.0818 e. The van der Waals surface area contributed by atoms with E-state index in [4.69, 9.17) is 17.3 Å². The van der Waals surface area contributed by atoms with E-state index in [1.54, 1.807) is 12.3 Å². The molecule has 0 unspecified atom stereocenters. The minimum absolute atomic E-state index is 0.504. The Morgan fingerprint density at radius 2 is 2.40 bits per heavy atom. The van der Waals surface area contributed by atoms with Crippen molar-refractivity contribution in [3.05, 3.63) is 23.0 Å². The van der Waals surface area contributed by atoms with Gasteiger partial charge in [0, 0.05) is 11.5 Å². The first-order valence-electron chi connectivity index (χ1n) is 2.70. The van der Waals surface area contributed by atoms with Crippen LogP contribution in [0.3, 0.4) is 0 Å². The number of halogens is 2. The van der Waals surface area contributed by atoms with E-state index >= 15 is 0 Å². The Morgan fingerprint density at radius 1 is 1.70 bits per heavy atom. The second-order valence-electron chi connectivity index (χ2n) is 1.83. The van der Waals surface area contributed by atoms with Crippen molar-refractivity contribution < 1.29 is 0 Å². The highest BCUT2D eigenvalue weighted by molar-refractivity contribution is 9.08. The van der Waals surface area contributed by atoms with Gasteiger partial charge < -0.3 is 5.73 Å². The van der Waals surface area contributed by atoms with Crippen LogP contribution in [0.25, 0.3) is 0 Å². The topological polar surface area (TPSA) is 38.9 Å². The highest BCUT2D eigenvalue weighted by atomic mass is 79.9. The van der Waals surface area contributed by atoms with Gasteiger partial charge in [0.1, 0.15) is 0 Å². The summed E-state index contributed by atoms with van der Waals surface area (Å²) in [6, 6.07) is 1.75. The van der Waals surface area contributed by atoms with Gasteiger partial charge in [0.15, 0.2) is 0 Å². The Hall–Kier alpha value is -0.280. The van der Waals surface area contributed by atoms with E-state index in [1.807, 2.05) is 0 Å². The van der Waals surface area contributed by atoms with Crippen molar-refractivity contribution in [2.75, 3.05) is 5.73 Å². The molecular weight excluding hydrogens is 215 g/mol. The number of anilines is 1. The SMILES string of the molecule is Nc1cc(CBr)ncc1Cl. The first kappa shape index (κ1) is 7.82. The lowest BCUT2D eigenvalue weighted by atomic mass is 10.3. The first-order chi connectivity index (χ1) is 4.74. The molecule has 1 rings (SSSR count). The van der Waals surface area contributed by atoms with Crippen molar-refractivity contribution in [3.8, 4) is 0 Å². The van der Waals surface area contributed by atoms with E-state index in [9.17, 15) is 0 Å². The molecule has 0 aliphatic carbocycles. The Kier molecular flexibility index (Phi) is 2.51. The lowest BCUT2D eigenvalue weighted by molar-refractivity contribution is 1.19. The maximum atomic E-state index is 5.63. The van der Waals surface area contributed by atoms with Crippen LogP contribution in [0.15, 0.2) is 12.3 Å². The number of nitrogens with two attached hydrogens (primary N) is 1. The third-order valence-corrected chi connectivity index (χ3v) is 1.97. The summed E-state index contributed by atoms with van der Waals surface area (Å²) in [5.74, 6) is 0. The summed E-state index contributed by atoms with van der Waals surface area (Å²) < 4.78 is 0. The molecule has 1 aromatic rings. The van der Waals surface area contributed by atoms with Crippen molar-refractivity contribution in [1.82, 2.24) is 4.98 Å². The summed E-state index contributed by atoms with van der Waals surface area (Å²) in [7, 11) is 0. The van der Waals surface area contributed by atoms with Gasteiger partial charge in [-0.2, -0.15) is 0 Å². The van der Waals surface area contributed by atoms with E-state index in [0.29, 0.717) is 16.0 Å². The van der Waals surface area contributed by atoms with Gasteiger partial charge >= 0.3 is 0 Å². The quantitative estimate of drug-likeness (QED) is 0.739. The van der Waals surface area contributed by atoms with Gasteiger partial charge in [-0.05, 0) is 6.07 Å². The third-order valence-electron chi connectivity index (χ3n) is 1.08. The van der Waals surface area contributed by atoms with Gasteiger partial charge in [0.2, 0.25) is 0 Å². The number of nitrogen functional groups attached to an aromatic ring is 1. The zero-order valence-electron chi connectivity index (χ0n) is 5.14. The molecular formula is C6H6BrClN2. The highest BCUT2D eigenvalue weighted by Crippen LogP contribution is 2.17. The summed E-state index contributed by atoms with van der Waals surface area (Å²) in [4.78, 5) is 4.00. The van der Waals surface area contributed by atoms with Crippen LogP contribution in [0.1, 0.15) is 5.69 Å². The Morgan fingerprint density at radius 3 is 2.90 bits per heavy atom. The summed E-state index contributed by atoms with van der Waals surface area (Å²) >= 11 is 8.89. The van der Waals surface area contributed by atoms with E-state index in [0.717, 1.165) is 5.69 Å². The lowest BCUT2D eigenvalue weighted by Gasteiger charge is -1.97. The monoisotopic (exact) mass is 220 g/mol.